The lowest BCUT2D eigenvalue weighted by Crippen LogP contribution is -2.44. The maximum atomic E-state index is 12.6. The van der Waals surface area contributed by atoms with Gasteiger partial charge in [0.25, 0.3) is 0 Å². The van der Waals surface area contributed by atoms with E-state index in [2.05, 4.69) is 27.5 Å². The van der Waals surface area contributed by atoms with E-state index >= 15 is 0 Å². The highest BCUT2D eigenvalue weighted by atomic mass is 79.9. The van der Waals surface area contributed by atoms with E-state index in [0.717, 1.165) is 5.69 Å². The zero-order chi connectivity index (χ0) is 22.9. The first-order chi connectivity index (χ1) is 14.6. The number of likely N-dealkylation sites (N-methyl/N-ethyl adjacent to an activating group) is 1. The zero-order valence-electron chi connectivity index (χ0n) is 17.4. The highest BCUT2D eigenvalue weighted by Gasteiger charge is 2.41. The van der Waals surface area contributed by atoms with Crippen molar-refractivity contribution in [2.75, 3.05) is 26.4 Å². The fraction of sp³-hybridized carbons (Fsp3) is 0.273. The van der Waals surface area contributed by atoms with E-state index in [9.17, 15) is 14.7 Å². The van der Waals surface area contributed by atoms with Crippen LogP contribution in [0, 0.1) is 0 Å². The number of carbonyl (C=O) groups is 2. The second-order valence-corrected chi connectivity index (χ2v) is 8.47. The highest BCUT2D eigenvalue weighted by Crippen LogP contribution is 2.40. The highest BCUT2D eigenvalue weighted by molar-refractivity contribution is 9.10. The molecule has 1 saturated heterocycles. The van der Waals surface area contributed by atoms with E-state index in [1.165, 1.54) is 15.9 Å². The number of halogens is 1. The smallest absolute Gasteiger partial charge is 0.246 e. The monoisotopic (exact) mass is 487 g/mol. The summed E-state index contributed by atoms with van der Waals surface area (Å²) >= 11 is 3.60. The third kappa shape index (κ3) is 4.32. The minimum atomic E-state index is -0.577. The van der Waals surface area contributed by atoms with Gasteiger partial charge < -0.3 is 31.4 Å². The summed E-state index contributed by atoms with van der Waals surface area (Å²) in [6.07, 6.45) is 3.35. The van der Waals surface area contributed by atoms with Gasteiger partial charge in [-0.05, 0) is 46.6 Å². The number of aromatic nitrogens is 1. The molecule has 0 bridgehead atoms. The number of aromatic hydroxyl groups is 1. The van der Waals surface area contributed by atoms with Crippen molar-refractivity contribution in [3.63, 3.8) is 0 Å². The number of phenols is 1. The van der Waals surface area contributed by atoms with Gasteiger partial charge in [-0.15, -0.1) is 0 Å². The van der Waals surface area contributed by atoms with Crippen molar-refractivity contribution in [3.8, 4) is 5.75 Å². The molecule has 0 saturated carbocycles. The van der Waals surface area contributed by atoms with Crippen molar-refractivity contribution < 1.29 is 14.7 Å². The first-order valence-corrected chi connectivity index (χ1v) is 10.5. The van der Waals surface area contributed by atoms with Crippen LogP contribution in [0.3, 0.4) is 0 Å². The molecule has 9 heteroatoms. The molecule has 1 aromatic heterocycles. The molecular weight excluding hydrogens is 462 g/mol. The first kappa shape index (κ1) is 22.5. The summed E-state index contributed by atoms with van der Waals surface area (Å²) in [4.78, 5) is 31.2. The minimum Gasteiger partial charge on any atom is -0.507 e. The summed E-state index contributed by atoms with van der Waals surface area (Å²) in [5, 5.41) is 10.1. The molecule has 1 aliphatic rings. The van der Waals surface area contributed by atoms with E-state index in [1.807, 2.05) is 0 Å². The molecule has 2 amide bonds. The number of likely N-dealkylation sites (tertiary alicyclic amines) is 1. The number of amides is 2. The molecular formula is C22H26BrN5O3. The van der Waals surface area contributed by atoms with E-state index in [0.29, 0.717) is 40.1 Å². The van der Waals surface area contributed by atoms with Crippen LogP contribution in [0.4, 0.5) is 5.82 Å². The number of aromatic amines is 1. The van der Waals surface area contributed by atoms with Crippen molar-refractivity contribution in [1.82, 2.24) is 14.8 Å². The molecule has 2 atom stereocenters. The van der Waals surface area contributed by atoms with Crippen molar-refractivity contribution >= 4 is 45.3 Å². The lowest BCUT2D eigenvalue weighted by Gasteiger charge is -2.24. The van der Waals surface area contributed by atoms with Crippen molar-refractivity contribution in [3.05, 3.63) is 58.2 Å². The molecule has 1 aliphatic heterocycles. The van der Waals surface area contributed by atoms with Crippen LogP contribution < -0.4 is 11.5 Å². The van der Waals surface area contributed by atoms with Gasteiger partial charge >= 0.3 is 0 Å². The van der Waals surface area contributed by atoms with Crippen LogP contribution in [0.15, 0.2) is 41.4 Å². The van der Waals surface area contributed by atoms with Crippen LogP contribution in [-0.4, -0.2) is 58.4 Å². The van der Waals surface area contributed by atoms with Crippen LogP contribution in [-0.2, 0) is 9.59 Å². The summed E-state index contributed by atoms with van der Waals surface area (Å²) in [6.45, 7) is 3.90. The van der Waals surface area contributed by atoms with Gasteiger partial charge in [0.15, 0.2) is 0 Å². The van der Waals surface area contributed by atoms with E-state index in [1.54, 1.807) is 44.4 Å². The summed E-state index contributed by atoms with van der Waals surface area (Å²) in [6, 6.07) is 6.19. The predicted octanol–water partition coefficient (Wildman–Crippen LogP) is 2.48. The van der Waals surface area contributed by atoms with Gasteiger partial charge in [0.2, 0.25) is 11.8 Å². The number of hydrogen-bond donors (Lipinski definition) is 4. The molecule has 1 aromatic carbocycles. The Bertz CT molecular complexity index is 1060. The van der Waals surface area contributed by atoms with E-state index < -0.39 is 6.04 Å². The quantitative estimate of drug-likeness (QED) is 0.481. The molecule has 2 aromatic rings. The number of benzene rings is 1. The van der Waals surface area contributed by atoms with Gasteiger partial charge in [0, 0.05) is 53.5 Å². The van der Waals surface area contributed by atoms with Gasteiger partial charge in [-0.3, -0.25) is 9.59 Å². The number of carbonyl (C=O) groups excluding carboxylic acids is 2. The fourth-order valence-corrected chi connectivity index (χ4v) is 4.59. The van der Waals surface area contributed by atoms with Crippen molar-refractivity contribution in [2.24, 2.45) is 5.73 Å². The number of H-pyrrole nitrogens is 1. The number of nitrogens with two attached hydrogens (primary N) is 2. The number of phenolic OH excluding ortho intramolecular Hbond substituents is 1. The number of nitrogens with one attached hydrogen (secondary N) is 1. The number of anilines is 1. The number of para-hydroxylation sites is 1. The molecule has 6 N–H and O–H groups in total. The molecule has 31 heavy (non-hydrogen) atoms. The standard InChI is InChI=1S/C22H26BrN5O3/c1-4-18(30)28-11-12(9-16(28)22(31)27(2)3)20-19(23)14(21(25)26-20)10-15(24)13-7-5-6-8-17(13)29/h4-8,10,12,16,26,29H,1,9,11,24-25H2,2-3H3/b15-10-. The van der Waals surface area contributed by atoms with Crippen LogP contribution >= 0.6 is 15.9 Å². The molecule has 164 valence electrons. The Morgan fingerprint density at radius 3 is 2.65 bits per heavy atom. The lowest BCUT2D eigenvalue weighted by molar-refractivity contribution is -0.139. The summed E-state index contributed by atoms with van der Waals surface area (Å²) in [5.41, 5.74) is 14.7. The van der Waals surface area contributed by atoms with Gasteiger partial charge in [-0.2, -0.15) is 0 Å². The SMILES string of the molecule is C=CC(=O)N1CC(c2[nH]c(N)c(/C=C(\N)c3ccccc3O)c2Br)CC1C(=O)N(C)C. The Hall–Kier alpha value is -3.20. The number of hydrogen-bond acceptors (Lipinski definition) is 5. The first-order valence-electron chi connectivity index (χ1n) is 9.72. The summed E-state index contributed by atoms with van der Waals surface area (Å²) < 4.78 is 0.706. The third-order valence-corrected chi connectivity index (χ3v) is 6.29. The maximum Gasteiger partial charge on any atom is 0.246 e. The van der Waals surface area contributed by atoms with E-state index in [4.69, 9.17) is 11.5 Å². The number of rotatable bonds is 5. The summed E-state index contributed by atoms with van der Waals surface area (Å²) in [7, 11) is 3.33. The summed E-state index contributed by atoms with van der Waals surface area (Å²) in [5.74, 6) is -0.104. The fourth-order valence-electron chi connectivity index (χ4n) is 3.84. The van der Waals surface area contributed by atoms with Gasteiger partial charge in [0.1, 0.15) is 17.6 Å². The number of nitrogen functional groups attached to an aromatic ring is 1. The maximum absolute atomic E-state index is 12.6. The average molecular weight is 488 g/mol. The Morgan fingerprint density at radius 2 is 2.03 bits per heavy atom. The Balaban J connectivity index is 1.95. The molecule has 0 aliphatic carbocycles. The molecule has 0 spiro atoms. The molecule has 2 heterocycles. The van der Waals surface area contributed by atoms with Crippen LogP contribution in [0.5, 0.6) is 5.75 Å². The van der Waals surface area contributed by atoms with Gasteiger partial charge in [-0.25, -0.2) is 0 Å². The van der Waals surface area contributed by atoms with Gasteiger partial charge in [0.05, 0.1) is 0 Å². The topological polar surface area (TPSA) is 129 Å². The molecule has 1 fully saturated rings. The number of nitrogens with zero attached hydrogens (tertiary/aromatic N) is 2. The minimum absolute atomic E-state index is 0.0705. The van der Waals surface area contributed by atoms with Crippen molar-refractivity contribution in [1.29, 1.82) is 0 Å². The largest absolute Gasteiger partial charge is 0.507 e. The van der Waals surface area contributed by atoms with Crippen LogP contribution in [0.1, 0.15) is 29.2 Å². The molecule has 8 nitrogen and oxygen atoms in total. The average Bonchev–Trinajstić information content (AvgIpc) is 3.29. The van der Waals surface area contributed by atoms with E-state index in [-0.39, 0.29) is 23.5 Å². The van der Waals surface area contributed by atoms with Crippen LogP contribution in [0.25, 0.3) is 11.8 Å². The molecule has 0 radical (unpaired) electrons. The molecule has 2 unspecified atom stereocenters. The third-order valence-electron chi connectivity index (χ3n) is 5.44. The van der Waals surface area contributed by atoms with Gasteiger partial charge in [-0.1, -0.05) is 18.7 Å². The van der Waals surface area contributed by atoms with Crippen LogP contribution in [0.2, 0.25) is 0 Å². The zero-order valence-corrected chi connectivity index (χ0v) is 19.0. The predicted molar refractivity (Wildman–Crippen MR) is 125 cm³/mol. The van der Waals surface area contributed by atoms with Crippen molar-refractivity contribution in [2.45, 2.75) is 18.4 Å². The lowest BCUT2D eigenvalue weighted by atomic mass is 10.0. The normalized spacial score (nSPS) is 18.8. The Labute approximate surface area is 189 Å². The Morgan fingerprint density at radius 1 is 1.35 bits per heavy atom. The second-order valence-electron chi connectivity index (χ2n) is 7.67. The molecule has 3 rings (SSSR count). The second kappa shape index (κ2) is 8.89. The Kier molecular flexibility index (Phi) is 6.45.